The molecule has 0 amide bonds. The van der Waals surface area contributed by atoms with Crippen LogP contribution >= 0.6 is 0 Å². The number of carbonyl (C=O) groups is 1. The van der Waals surface area contributed by atoms with Crippen molar-refractivity contribution in [2.75, 3.05) is 0 Å². The number of Topliss-reactive ketones (excluding diaryl/α,β-unsaturated/α-hetero) is 1. The van der Waals surface area contributed by atoms with Crippen molar-refractivity contribution >= 4 is 5.78 Å². The topological polar surface area (TPSA) is 30.0 Å². The first-order chi connectivity index (χ1) is 7.75. The highest BCUT2D eigenvalue weighted by Crippen LogP contribution is 2.18. The third-order valence-electron chi connectivity index (χ3n) is 2.40. The van der Waals surface area contributed by atoms with Crippen molar-refractivity contribution in [3.05, 3.63) is 54.4 Å². The predicted molar refractivity (Wildman–Crippen MR) is 64.1 cm³/mol. The summed E-state index contributed by atoms with van der Waals surface area (Å²) in [5.74, 6) is 0.189. The van der Waals surface area contributed by atoms with Gasteiger partial charge in [-0.15, -0.1) is 0 Å². The van der Waals surface area contributed by atoms with E-state index in [4.69, 9.17) is 0 Å². The van der Waals surface area contributed by atoms with Gasteiger partial charge in [-0.3, -0.25) is 9.78 Å². The zero-order valence-corrected chi connectivity index (χ0v) is 9.18. The molecule has 0 bridgehead atoms. The minimum Gasteiger partial charge on any atom is -0.300 e. The second-order valence-corrected chi connectivity index (χ2v) is 3.82. The lowest BCUT2D eigenvalue weighted by molar-refractivity contribution is -0.116. The summed E-state index contributed by atoms with van der Waals surface area (Å²) in [5.41, 5.74) is 3.28. The van der Waals surface area contributed by atoms with Gasteiger partial charge < -0.3 is 0 Å². The number of hydrogen-bond donors (Lipinski definition) is 0. The fourth-order valence-electron chi connectivity index (χ4n) is 1.64. The first kappa shape index (κ1) is 10.6. The first-order valence-corrected chi connectivity index (χ1v) is 5.24. The summed E-state index contributed by atoms with van der Waals surface area (Å²) in [6.07, 6.45) is 4.10. The standard InChI is InChI=1S/C14H13NO/c1-11(16)9-12-4-6-13(7-5-12)14-3-2-8-15-10-14/h2-8,10H,9H2,1H3. The van der Waals surface area contributed by atoms with Gasteiger partial charge in [-0.2, -0.15) is 0 Å². The van der Waals surface area contributed by atoms with Crippen LogP contribution in [0.4, 0.5) is 0 Å². The van der Waals surface area contributed by atoms with Crippen molar-refractivity contribution < 1.29 is 4.79 Å². The summed E-state index contributed by atoms with van der Waals surface area (Å²) in [5, 5.41) is 0. The van der Waals surface area contributed by atoms with Crippen molar-refractivity contribution in [1.82, 2.24) is 4.98 Å². The van der Waals surface area contributed by atoms with Gasteiger partial charge in [0.05, 0.1) is 0 Å². The summed E-state index contributed by atoms with van der Waals surface area (Å²) < 4.78 is 0. The third-order valence-corrected chi connectivity index (χ3v) is 2.40. The molecule has 2 heteroatoms. The Morgan fingerprint density at radius 2 is 1.88 bits per heavy atom. The summed E-state index contributed by atoms with van der Waals surface area (Å²) in [4.78, 5) is 15.0. The van der Waals surface area contributed by atoms with Gasteiger partial charge in [0.15, 0.2) is 0 Å². The van der Waals surface area contributed by atoms with Crippen LogP contribution in [0, 0.1) is 0 Å². The van der Waals surface area contributed by atoms with Crippen LogP contribution in [0.2, 0.25) is 0 Å². The molecular formula is C14H13NO. The molecule has 16 heavy (non-hydrogen) atoms. The van der Waals surface area contributed by atoms with Crippen LogP contribution in [-0.2, 0) is 11.2 Å². The second-order valence-electron chi connectivity index (χ2n) is 3.82. The Morgan fingerprint density at radius 3 is 2.44 bits per heavy atom. The van der Waals surface area contributed by atoms with Gasteiger partial charge in [0.25, 0.3) is 0 Å². The Labute approximate surface area is 95.0 Å². The van der Waals surface area contributed by atoms with E-state index in [0.29, 0.717) is 6.42 Å². The van der Waals surface area contributed by atoms with E-state index >= 15 is 0 Å². The number of carbonyl (C=O) groups excluding carboxylic acids is 1. The molecule has 0 radical (unpaired) electrons. The predicted octanol–water partition coefficient (Wildman–Crippen LogP) is 2.88. The molecular weight excluding hydrogens is 198 g/mol. The van der Waals surface area contributed by atoms with Crippen LogP contribution in [0.1, 0.15) is 12.5 Å². The number of ketones is 1. The van der Waals surface area contributed by atoms with Crippen LogP contribution in [0.25, 0.3) is 11.1 Å². The van der Waals surface area contributed by atoms with E-state index in [1.165, 1.54) is 0 Å². The van der Waals surface area contributed by atoms with E-state index in [0.717, 1.165) is 16.7 Å². The SMILES string of the molecule is CC(=O)Cc1ccc(-c2cccnc2)cc1. The fraction of sp³-hybridized carbons (Fsp3) is 0.143. The molecule has 1 aromatic carbocycles. The number of rotatable bonds is 3. The maximum atomic E-state index is 11.0. The van der Waals surface area contributed by atoms with E-state index in [9.17, 15) is 4.79 Å². The van der Waals surface area contributed by atoms with Gasteiger partial charge >= 0.3 is 0 Å². The zero-order chi connectivity index (χ0) is 11.4. The second kappa shape index (κ2) is 4.71. The van der Waals surface area contributed by atoms with Crippen LogP contribution in [0.3, 0.4) is 0 Å². The van der Waals surface area contributed by atoms with Gasteiger partial charge in [-0.25, -0.2) is 0 Å². The highest BCUT2D eigenvalue weighted by molar-refractivity contribution is 5.78. The summed E-state index contributed by atoms with van der Waals surface area (Å²) >= 11 is 0. The first-order valence-electron chi connectivity index (χ1n) is 5.24. The molecule has 0 unspecified atom stereocenters. The molecule has 0 aliphatic rings. The highest BCUT2D eigenvalue weighted by atomic mass is 16.1. The minimum absolute atomic E-state index is 0.189. The number of aromatic nitrogens is 1. The Kier molecular flexibility index (Phi) is 3.10. The number of hydrogen-bond acceptors (Lipinski definition) is 2. The Hall–Kier alpha value is -1.96. The van der Waals surface area contributed by atoms with Crippen molar-refractivity contribution in [2.45, 2.75) is 13.3 Å². The summed E-state index contributed by atoms with van der Waals surface area (Å²) in [7, 11) is 0. The molecule has 0 saturated carbocycles. The normalized spacial score (nSPS) is 10.1. The molecule has 2 aromatic rings. The van der Waals surface area contributed by atoms with Crippen LogP contribution in [0.15, 0.2) is 48.8 Å². The Balaban J connectivity index is 2.23. The number of pyridine rings is 1. The maximum absolute atomic E-state index is 11.0. The molecule has 0 aliphatic heterocycles. The molecule has 0 N–H and O–H groups in total. The third kappa shape index (κ3) is 2.54. The van der Waals surface area contributed by atoms with E-state index in [1.54, 1.807) is 13.1 Å². The van der Waals surface area contributed by atoms with Gasteiger partial charge in [-0.1, -0.05) is 30.3 Å². The molecule has 1 heterocycles. The molecule has 80 valence electrons. The van der Waals surface area contributed by atoms with Crippen molar-refractivity contribution in [3.8, 4) is 11.1 Å². The lowest BCUT2D eigenvalue weighted by Gasteiger charge is -2.02. The molecule has 1 aromatic heterocycles. The summed E-state index contributed by atoms with van der Waals surface area (Å²) in [6, 6.07) is 12.0. The average Bonchev–Trinajstić information content (AvgIpc) is 2.30. The number of nitrogens with zero attached hydrogens (tertiary/aromatic N) is 1. The van der Waals surface area contributed by atoms with Gasteiger partial charge in [-0.05, 0) is 29.7 Å². The average molecular weight is 211 g/mol. The van der Waals surface area contributed by atoms with E-state index < -0.39 is 0 Å². The maximum Gasteiger partial charge on any atom is 0.134 e. The quantitative estimate of drug-likeness (QED) is 0.781. The van der Waals surface area contributed by atoms with Gasteiger partial charge in [0, 0.05) is 18.8 Å². The van der Waals surface area contributed by atoms with Crippen LogP contribution in [-0.4, -0.2) is 10.8 Å². The van der Waals surface area contributed by atoms with E-state index in [-0.39, 0.29) is 5.78 Å². The number of benzene rings is 1. The van der Waals surface area contributed by atoms with Crippen molar-refractivity contribution in [3.63, 3.8) is 0 Å². The molecule has 0 spiro atoms. The smallest absolute Gasteiger partial charge is 0.134 e. The van der Waals surface area contributed by atoms with E-state index in [2.05, 4.69) is 4.98 Å². The summed E-state index contributed by atoms with van der Waals surface area (Å²) in [6.45, 7) is 1.61. The van der Waals surface area contributed by atoms with Crippen molar-refractivity contribution in [1.29, 1.82) is 0 Å². The van der Waals surface area contributed by atoms with Crippen LogP contribution < -0.4 is 0 Å². The zero-order valence-electron chi connectivity index (χ0n) is 9.18. The van der Waals surface area contributed by atoms with Gasteiger partial charge in [0.1, 0.15) is 5.78 Å². The largest absolute Gasteiger partial charge is 0.300 e. The van der Waals surface area contributed by atoms with Crippen LogP contribution in [0.5, 0.6) is 0 Å². The molecule has 2 rings (SSSR count). The molecule has 0 atom stereocenters. The minimum atomic E-state index is 0.189. The molecule has 0 fully saturated rings. The van der Waals surface area contributed by atoms with E-state index in [1.807, 2.05) is 42.6 Å². The molecule has 0 aliphatic carbocycles. The lowest BCUT2D eigenvalue weighted by Crippen LogP contribution is -1.95. The van der Waals surface area contributed by atoms with Crippen molar-refractivity contribution in [2.24, 2.45) is 0 Å². The monoisotopic (exact) mass is 211 g/mol. The Morgan fingerprint density at radius 1 is 1.12 bits per heavy atom. The lowest BCUT2D eigenvalue weighted by atomic mass is 10.0. The highest BCUT2D eigenvalue weighted by Gasteiger charge is 1.99. The van der Waals surface area contributed by atoms with Gasteiger partial charge in [0.2, 0.25) is 0 Å². The molecule has 0 saturated heterocycles. The Bertz CT molecular complexity index is 474. The molecule has 2 nitrogen and oxygen atoms in total. The fourth-order valence-corrected chi connectivity index (χ4v) is 1.64.